The molecule has 7 heteroatoms. The van der Waals surface area contributed by atoms with Crippen molar-refractivity contribution in [2.24, 2.45) is 0 Å². The molecule has 0 bridgehead atoms. The monoisotopic (exact) mass is 305 g/mol. The summed E-state index contributed by atoms with van der Waals surface area (Å²) in [6, 6.07) is 3.96. The van der Waals surface area contributed by atoms with Gasteiger partial charge in [0.1, 0.15) is 5.52 Å². The van der Waals surface area contributed by atoms with E-state index >= 15 is 0 Å². The van der Waals surface area contributed by atoms with Gasteiger partial charge in [0.2, 0.25) is 11.2 Å². The van der Waals surface area contributed by atoms with Crippen molar-refractivity contribution in [3.8, 4) is 0 Å². The number of hydrogen-bond donors (Lipinski definition) is 1. The second kappa shape index (κ2) is 5.73. The number of aromatic nitrogens is 3. The first-order valence-corrected chi connectivity index (χ1v) is 7.24. The molecular weight excluding hydrogens is 290 g/mol. The highest BCUT2D eigenvalue weighted by atomic mass is 35.5. The number of hydrogen-bond acceptors (Lipinski definition) is 4. The standard InChI is InChI=1S/C14H16ClN5O/c1-2-12(21)19-7-3-5-10(9-19)16-13-11-6-4-8-20(11)18-14(15)17-13/h2,4,6,8,10H,1,3,5,7,9H2,(H,16,17,18)/t10-/m1/s1. The summed E-state index contributed by atoms with van der Waals surface area (Å²) in [6.07, 6.45) is 5.11. The summed E-state index contributed by atoms with van der Waals surface area (Å²) in [4.78, 5) is 17.8. The fourth-order valence-electron chi connectivity index (χ4n) is 2.63. The topological polar surface area (TPSA) is 62.5 Å². The SMILES string of the molecule is C=CC(=O)N1CCC[C@@H](Nc2nc(Cl)nn3cccc23)C1. The predicted molar refractivity (Wildman–Crippen MR) is 81.4 cm³/mol. The van der Waals surface area contributed by atoms with Gasteiger partial charge in [0.25, 0.3) is 0 Å². The lowest BCUT2D eigenvalue weighted by molar-refractivity contribution is -0.127. The number of anilines is 1. The van der Waals surface area contributed by atoms with E-state index in [2.05, 4.69) is 22.0 Å². The van der Waals surface area contributed by atoms with E-state index in [1.165, 1.54) is 6.08 Å². The second-order valence-corrected chi connectivity index (χ2v) is 5.38. The minimum Gasteiger partial charge on any atom is -0.364 e. The molecule has 2 aromatic heterocycles. The molecule has 110 valence electrons. The average molecular weight is 306 g/mol. The first kappa shape index (κ1) is 13.9. The van der Waals surface area contributed by atoms with Gasteiger partial charge in [0.05, 0.1) is 0 Å². The van der Waals surface area contributed by atoms with Crippen LogP contribution in [0, 0.1) is 0 Å². The molecule has 0 spiro atoms. The third kappa shape index (κ3) is 2.85. The highest BCUT2D eigenvalue weighted by Crippen LogP contribution is 2.20. The van der Waals surface area contributed by atoms with Crippen LogP contribution in [0.4, 0.5) is 5.82 Å². The van der Waals surface area contributed by atoms with Gasteiger partial charge < -0.3 is 10.2 Å². The maximum Gasteiger partial charge on any atom is 0.246 e. The number of nitrogens with one attached hydrogen (secondary N) is 1. The Kier molecular flexibility index (Phi) is 3.79. The number of carbonyl (C=O) groups excluding carboxylic acids is 1. The summed E-state index contributed by atoms with van der Waals surface area (Å²) in [5, 5.41) is 7.66. The molecule has 1 fully saturated rings. The smallest absolute Gasteiger partial charge is 0.246 e. The van der Waals surface area contributed by atoms with Gasteiger partial charge >= 0.3 is 0 Å². The van der Waals surface area contributed by atoms with E-state index < -0.39 is 0 Å². The van der Waals surface area contributed by atoms with Gasteiger partial charge in [0, 0.05) is 25.3 Å². The van der Waals surface area contributed by atoms with Gasteiger partial charge in [-0.3, -0.25) is 4.79 Å². The summed E-state index contributed by atoms with van der Waals surface area (Å²) >= 11 is 5.94. The number of nitrogens with zero attached hydrogens (tertiary/aromatic N) is 4. The first-order chi connectivity index (χ1) is 10.2. The molecule has 1 saturated heterocycles. The summed E-state index contributed by atoms with van der Waals surface area (Å²) in [5.74, 6) is 0.660. The van der Waals surface area contributed by atoms with Crippen LogP contribution in [0.25, 0.3) is 5.52 Å². The van der Waals surface area contributed by atoms with Crippen molar-refractivity contribution in [3.63, 3.8) is 0 Å². The number of halogens is 1. The molecule has 6 nitrogen and oxygen atoms in total. The molecule has 0 aromatic carbocycles. The molecule has 1 aliphatic heterocycles. The molecule has 1 atom stereocenters. The molecule has 1 N–H and O–H groups in total. The van der Waals surface area contributed by atoms with Crippen molar-refractivity contribution >= 4 is 28.8 Å². The number of piperidine rings is 1. The zero-order valence-electron chi connectivity index (χ0n) is 11.5. The number of amides is 1. The third-order valence-electron chi connectivity index (χ3n) is 3.61. The molecule has 1 amide bonds. The van der Waals surface area contributed by atoms with Crippen molar-refractivity contribution < 1.29 is 4.79 Å². The lowest BCUT2D eigenvalue weighted by Gasteiger charge is -2.32. The number of carbonyl (C=O) groups is 1. The van der Waals surface area contributed by atoms with Crippen LogP contribution in [0.1, 0.15) is 12.8 Å². The van der Waals surface area contributed by atoms with Gasteiger partial charge in [-0.2, -0.15) is 4.98 Å². The van der Waals surface area contributed by atoms with E-state index in [0.29, 0.717) is 12.4 Å². The maximum atomic E-state index is 11.7. The predicted octanol–water partition coefficient (Wildman–Crippen LogP) is 1.97. The zero-order valence-corrected chi connectivity index (χ0v) is 12.3. The summed E-state index contributed by atoms with van der Waals surface area (Å²) in [7, 11) is 0. The molecule has 2 aromatic rings. The quantitative estimate of drug-likeness (QED) is 0.881. The van der Waals surface area contributed by atoms with Crippen LogP contribution in [0.15, 0.2) is 31.0 Å². The van der Waals surface area contributed by atoms with Crippen LogP contribution < -0.4 is 5.32 Å². The largest absolute Gasteiger partial charge is 0.364 e. The van der Waals surface area contributed by atoms with Crippen LogP contribution in [-0.4, -0.2) is 44.5 Å². The molecule has 0 aliphatic carbocycles. The second-order valence-electron chi connectivity index (χ2n) is 5.04. The molecule has 0 radical (unpaired) electrons. The Morgan fingerprint density at radius 2 is 2.43 bits per heavy atom. The first-order valence-electron chi connectivity index (χ1n) is 6.86. The number of likely N-dealkylation sites (tertiary alicyclic amines) is 1. The molecule has 1 aliphatic rings. The van der Waals surface area contributed by atoms with E-state index in [1.54, 1.807) is 9.42 Å². The lowest BCUT2D eigenvalue weighted by atomic mass is 10.1. The van der Waals surface area contributed by atoms with Crippen molar-refractivity contribution in [2.75, 3.05) is 18.4 Å². The van der Waals surface area contributed by atoms with E-state index in [0.717, 1.165) is 24.9 Å². The Labute approximate surface area is 127 Å². The molecule has 3 rings (SSSR count). The Balaban J connectivity index is 1.80. The van der Waals surface area contributed by atoms with Crippen LogP contribution in [0.2, 0.25) is 5.28 Å². The fraction of sp³-hybridized carbons (Fsp3) is 0.357. The molecule has 0 saturated carbocycles. The van der Waals surface area contributed by atoms with Gasteiger partial charge in [0.15, 0.2) is 5.82 Å². The maximum absolute atomic E-state index is 11.7. The van der Waals surface area contributed by atoms with Gasteiger partial charge in [-0.1, -0.05) is 6.58 Å². The van der Waals surface area contributed by atoms with Crippen molar-refractivity contribution in [1.29, 1.82) is 0 Å². The van der Waals surface area contributed by atoms with Crippen LogP contribution in [0.5, 0.6) is 0 Å². The van der Waals surface area contributed by atoms with E-state index in [-0.39, 0.29) is 17.2 Å². The average Bonchev–Trinajstić information content (AvgIpc) is 2.95. The van der Waals surface area contributed by atoms with E-state index in [4.69, 9.17) is 11.6 Å². The minimum absolute atomic E-state index is 0.0324. The van der Waals surface area contributed by atoms with Crippen LogP contribution >= 0.6 is 11.6 Å². The highest BCUT2D eigenvalue weighted by molar-refractivity contribution is 6.28. The number of rotatable bonds is 3. The Bertz CT molecular complexity index is 683. The minimum atomic E-state index is -0.0324. The summed E-state index contributed by atoms with van der Waals surface area (Å²) in [5.41, 5.74) is 0.867. The molecule has 0 unspecified atom stereocenters. The molecular formula is C14H16ClN5O. The molecule has 21 heavy (non-hydrogen) atoms. The third-order valence-corrected chi connectivity index (χ3v) is 3.77. The van der Waals surface area contributed by atoms with Gasteiger partial charge in [-0.05, 0) is 42.7 Å². The summed E-state index contributed by atoms with van der Waals surface area (Å²) in [6.45, 7) is 4.95. The van der Waals surface area contributed by atoms with E-state index in [9.17, 15) is 4.79 Å². The normalized spacial score (nSPS) is 18.7. The fourth-order valence-corrected chi connectivity index (χ4v) is 2.80. The van der Waals surface area contributed by atoms with Crippen molar-refractivity contribution in [2.45, 2.75) is 18.9 Å². The van der Waals surface area contributed by atoms with Crippen LogP contribution in [-0.2, 0) is 4.79 Å². The Hall–Kier alpha value is -2.08. The van der Waals surface area contributed by atoms with Gasteiger partial charge in [-0.15, -0.1) is 5.10 Å². The Morgan fingerprint density at radius 3 is 3.24 bits per heavy atom. The zero-order chi connectivity index (χ0) is 14.8. The number of fused-ring (bicyclic) bond motifs is 1. The van der Waals surface area contributed by atoms with Crippen molar-refractivity contribution in [1.82, 2.24) is 19.5 Å². The highest BCUT2D eigenvalue weighted by Gasteiger charge is 2.23. The lowest BCUT2D eigenvalue weighted by Crippen LogP contribution is -2.44. The van der Waals surface area contributed by atoms with Gasteiger partial charge in [-0.25, -0.2) is 4.52 Å². The molecule has 3 heterocycles. The van der Waals surface area contributed by atoms with E-state index in [1.807, 2.05) is 18.3 Å². The van der Waals surface area contributed by atoms with Crippen LogP contribution in [0.3, 0.4) is 0 Å². The summed E-state index contributed by atoms with van der Waals surface area (Å²) < 4.78 is 1.69. The van der Waals surface area contributed by atoms with Crippen molar-refractivity contribution in [3.05, 3.63) is 36.3 Å². The Morgan fingerprint density at radius 1 is 1.57 bits per heavy atom.